The number of aromatic nitrogens is 1. The Kier molecular flexibility index (Phi) is 6.33. The van der Waals surface area contributed by atoms with Crippen LogP contribution in [-0.4, -0.2) is 56.1 Å². The number of urea groups is 1. The lowest BCUT2D eigenvalue weighted by Gasteiger charge is -2.40. The Bertz CT molecular complexity index is 762. The van der Waals surface area contributed by atoms with Crippen molar-refractivity contribution >= 4 is 12.0 Å². The first-order chi connectivity index (χ1) is 13.1. The van der Waals surface area contributed by atoms with Crippen molar-refractivity contribution in [3.63, 3.8) is 0 Å². The lowest BCUT2D eigenvalue weighted by Crippen LogP contribution is -2.52. The zero-order valence-corrected chi connectivity index (χ0v) is 18.7. The molecular formula is C22H35N3O4. The third-order valence-corrected chi connectivity index (χ3v) is 5.19. The summed E-state index contributed by atoms with van der Waals surface area (Å²) >= 11 is 0. The van der Waals surface area contributed by atoms with Gasteiger partial charge in [-0.2, -0.15) is 0 Å². The van der Waals surface area contributed by atoms with Crippen molar-refractivity contribution in [3.05, 3.63) is 29.6 Å². The number of pyridine rings is 1. The number of aliphatic hydroxyl groups is 1. The number of hydrogen-bond donors (Lipinski definition) is 2. The zero-order chi connectivity index (χ0) is 22.2. The predicted molar refractivity (Wildman–Crippen MR) is 111 cm³/mol. The highest BCUT2D eigenvalue weighted by atomic mass is 16.4. The first-order valence-electron chi connectivity index (χ1n) is 10.1. The van der Waals surface area contributed by atoms with E-state index in [1.807, 2.05) is 19.9 Å². The van der Waals surface area contributed by atoms with Crippen LogP contribution >= 0.6 is 0 Å². The Morgan fingerprint density at radius 1 is 1.14 bits per heavy atom. The maximum atomic E-state index is 13.1. The van der Waals surface area contributed by atoms with Crippen LogP contribution in [0.15, 0.2) is 18.2 Å². The fourth-order valence-electron chi connectivity index (χ4n) is 4.44. The number of amides is 2. The number of carboxylic acid groups (broad SMARTS) is 1. The summed E-state index contributed by atoms with van der Waals surface area (Å²) in [5.74, 6) is -0.975. The molecule has 1 fully saturated rings. The molecule has 2 rings (SSSR count). The van der Waals surface area contributed by atoms with Gasteiger partial charge in [0, 0.05) is 13.1 Å². The van der Waals surface area contributed by atoms with Gasteiger partial charge in [0.1, 0.15) is 11.6 Å². The molecule has 0 aromatic carbocycles. The highest BCUT2D eigenvalue weighted by Gasteiger charge is 2.46. The Labute approximate surface area is 173 Å². The lowest BCUT2D eigenvalue weighted by atomic mass is 9.71. The van der Waals surface area contributed by atoms with Crippen LogP contribution in [0, 0.1) is 10.8 Å². The first-order valence-corrected chi connectivity index (χ1v) is 10.1. The summed E-state index contributed by atoms with van der Waals surface area (Å²) in [6.07, 6.45) is 0.677. The van der Waals surface area contributed by atoms with E-state index < -0.39 is 23.0 Å². The molecule has 7 nitrogen and oxygen atoms in total. The highest BCUT2D eigenvalue weighted by Crippen LogP contribution is 2.39. The smallest absolute Gasteiger partial charge is 0.327 e. The molecule has 1 aliphatic rings. The van der Waals surface area contributed by atoms with Gasteiger partial charge < -0.3 is 20.0 Å². The molecule has 0 aliphatic carbocycles. The quantitative estimate of drug-likeness (QED) is 0.724. The van der Waals surface area contributed by atoms with E-state index in [0.717, 1.165) is 0 Å². The summed E-state index contributed by atoms with van der Waals surface area (Å²) in [4.78, 5) is 32.8. The third kappa shape index (κ3) is 5.69. The van der Waals surface area contributed by atoms with Crippen LogP contribution in [0.1, 0.15) is 66.3 Å². The van der Waals surface area contributed by atoms with E-state index in [-0.39, 0.29) is 18.0 Å². The Balaban J connectivity index is 2.20. The van der Waals surface area contributed by atoms with Crippen molar-refractivity contribution in [2.24, 2.45) is 10.8 Å². The van der Waals surface area contributed by atoms with Gasteiger partial charge in [-0.15, -0.1) is 0 Å². The molecule has 0 saturated carbocycles. The van der Waals surface area contributed by atoms with Gasteiger partial charge in [-0.05, 0) is 43.2 Å². The second-order valence-electron chi connectivity index (χ2n) is 10.4. The van der Waals surface area contributed by atoms with Crippen molar-refractivity contribution in [1.82, 2.24) is 14.8 Å². The molecule has 1 aliphatic heterocycles. The van der Waals surface area contributed by atoms with Gasteiger partial charge in [0.05, 0.1) is 17.9 Å². The van der Waals surface area contributed by atoms with Crippen molar-refractivity contribution in [1.29, 1.82) is 0 Å². The summed E-state index contributed by atoms with van der Waals surface area (Å²) < 4.78 is 0. The molecule has 2 N–H and O–H groups in total. The van der Waals surface area contributed by atoms with E-state index in [1.165, 1.54) is 4.90 Å². The molecule has 0 unspecified atom stereocenters. The van der Waals surface area contributed by atoms with Gasteiger partial charge in [0.2, 0.25) is 0 Å². The number of carbonyl (C=O) groups is 2. The summed E-state index contributed by atoms with van der Waals surface area (Å²) in [6, 6.07) is 4.19. The molecule has 1 aromatic heterocycles. The Hall–Kier alpha value is -2.15. The van der Waals surface area contributed by atoms with Crippen molar-refractivity contribution in [2.75, 3.05) is 13.1 Å². The second-order valence-corrected chi connectivity index (χ2v) is 10.4. The van der Waals surface area contributed by atoms with Gasteiger partial charge in [0.25, 0.3) is 0 Å². The standard InChI is InChI=1S/C22H35N3O4/c1-20(2,3)14-21(4,5)17(18(26)27)25-12-11-24(19(25)28)13-15-9-8-10-16(23-15)22(6,7)29/h8-10,17,29H,11-14H2,1-7H3,(H,26,27)/t17-/m1/s1. The maximum Gasteiger partial charge on any atom is 0.327 e. The highest BCUT2D eigenvalue weighted by molar-refractivity contribution is 5.84. The van der Waals surface area contributed by atoms with Crippen molar-refractivity contribution in [3.8, 4) is 0 Å². The fourth-order valence-corrected chi connectivity index (χ4v) is 4.44. The van der Waals surface area contributed by atoms with Crippen LogP contribution < -0.4 is 0 Å². The van der Waals surface area contributed by atoms with Crippen LogP contribution in [0.2, 0.25) is 0 Å². The van der Waals surface area contributed by atoms with E-state index in [0.29, 0.717) is 30.9 Å². The number of carbonyl (C=O) groups excluding carboxylic acids is 1. The lowest BCUT2D eigenvalue weighted by molar-refractivity contribution is -0.147. The van der Waals surface area contributed by atoms with Crippen LogP contribution in [-0.2, 0) is 16.9 Å². The monoisotopic (exact) mass is 405 g/mol. The van der Waals surface area contributed by atoms with E-state index in [9.17, 15) is 19.8 Å². The molecule has 2 heterocycles. The maximum absolute atomic E-state index is 13.1. The minimum Gasteiger partial charge on any atom is -0.480 e. The average Bonchev–Trinajstić information content (AvgIpc) is 2.85. The third-order valence-electron chi connectivity index (χ3n) is 5.19. The normalized spacial score (nSPS) is 17.0. The van der Waals surface area contributed by atoms with E-state index in [4.69, 9.17) is 0 Å². The first kappa shape index (κ1) is 23.1. The molecule has 1 aromatic rings. The summed E-state index contributed by atoms with van der Waals surface area (Å²) in [6.45, 7) is 14.5. The second kappa shape index (κ2) is 7.94. The number of carboxylic acids is 1. The molecular weight excluding hydrogens is 370 g/mol. The van der Waals surface area contributed by atoms with Crippen LogP contribution in [0.5, 0.6) is 0 Å². The largest absolute Gasteiger partial charge is 0.480 e. The molecule has 162 valence electrons. The number of rotatable bonds is 7. The van der Waals surface area contributed by atoms with E-state index in [2.05, 4.69) is 25.8 Å². The fraction of sp³-hybridized carbons (Fsp3) is 0.682. The molecule has 0 bridgehead atoms. The average molecular weight is 406 g/mol. The zero-order valence-electron chi connectivity index (χ0n) is 18.7. The molecule has 29 heavy (non-hydrogen) atoms. The van der Waals surface area contributed by atoms with Gasteiger partial charge >= 0.3 is 12.0 Å². The Morgan fingerprint density at radius 2 is 1.76 bits per heavy atom. The van der Waals surface area contributed by atoms with Crippen LogP contribution in [0.4, 0.5) is 4.79 Å². The summed E-state index contributed by atoms with van der Waals surface area (Å²) in [7, 11) is 0. The molecule has 0 radical (unpaired) electrons. The number of aliphatic carboxylic acids is 1. The van der Waals surface area contributed by atoms with E-state index in [1.54, 1.807) is 30.9 Å². The van der Waals surface area contributed by atoms with Gasteiger partial charge in [-0.1, -0.05) is 40.7 Å². The molecule has 7 heteroatoms. The minimum atomic E-state index is -1.07. The molecule has 0 spiro atoms. The van der Waals surface area contributed by atoms with Crippen LogP contribution in [0.25, 0.3) is 0 Å². The van der Waals surface area contributed by atoms with Gasteiger partial charge in [-0.3, -0.25) is 4.98 Å². The summed E-state index contributed by atoms with van der Waals surface area (Å²) in [5, 5.41) is 20.1. The SMILES string of the molecule is CC(C)(C)CC(C)(C)[C@@H](C(=O)O)N1CCN(Cc2cccc(C(C)(C)O)n2)C1=O. The summed E-state index contributed by atoms with van der Waals surface area (Å²) in [5.41, 5.74) is -0.493. The molecule has 2 amide bonds. The van der Waals surface area contributed by atoms with Crippen molar-refractivity contribution < 1.29 is 19.8 Å². The predicted octanol–water partition coefficient (Wildman–Crippen LogP) is 3.46. The van der Waals surface area contributed by atoms with Gasteiger partial charge in [-0.25, -0.2) is 9.59 Å². The minimum absolute atomic E-state index is 0.0544. The van der Waals surface area contributed by atoms with Gasteiger partial charge in [0.15, 0.2) is 0 Å². The van der Waals surface area contributed by atoms with E-state index >= 15 is 0 Å². The van der Waals surface area contributed by atoms with Crippen molar-refractivity contribution in [2.45, 2.75) is 73.1 Å². The topological polar surface area (TPSA) is 94.0 Å². The molecule has 1 atom stereocenters. The number of nitrogens with zero attached hydrogens (tertiary/aromatic N) is 3. The Morgan fingerprint density at radius 3 is 2.28 bits per heavy atom. The number of hydrogen-bond acceptors (Lipinski definition) is 4. The molecule has 1 saturated heterocycles. The van der Waals surface area contributed by atoms with Crippen LogP contribution in [0.3, 0.4) is 0 Å².